The van der Waals surface area contributed by atoms with Crippen molar-refractivity contribution in [2.24, 2.45) is 5.92 Å². The highest BCUT2D eigenvalue weighted by atomic mass is 32.1. The van der Waals surface area contributed by atoms with Crippen LogP contribution in [-0.4, -0.2) is 10.8 Å². The van der Waals surface area contributed by atoms with Gasteiger partial charge in [-0.05, 0) is 23.3 Å². The third kappa shape index (κ3) is 2.02. The largest absolute Gasteiger partial charge is 0.334 e. The third-order valence-electron chi connectivity index (χ3n) is 2.72. The molecule has 0 spiro atoms. The van der Waals surface area contributed by atoms with Gasteiger partial charge < -0.3 is 4.90 Å². The molecule has 1 heterocycles. The molecule has 0 saturated heterocycles. The van der Waals surface area contributed by atoms with Gasteiger partial charge in [-0.1, -0.05) is 19.9 Å². The smallest absolute Gasteiger partial charge is 0.225 e. The first-order valence-corrected chi connectivity index (χ1v) is 5.62. The Kier molecular flexibility index (Phi) is 2.74. The Morgan fingerprint density at radius 3 is 2.67 bits per heavy atom. The highest BCUT2D eigenvalue weighted by Crippen LogP contribution is 2.26. The Morgan fingerprint density at radius 1 is 1.33 bits per heavy atom. The molecule has 1 aromatic carbocycles. The van der Waals surface area contributed by atoms with Gasteiger partial charge in [-0.25, -0.2) is 0 Å². The molecule has 0 N–H and O–H groups in total. The van der Waals surface area contributed by atoms with Crippen LogP contribution in [0.3, 0.4) is 0 Å². The monoisotopic (exact) mass is 221 g/mol. The molecule has 0 unspecified atom stereocenters. The quantitative estimate of drug-likeness (QED) is 0.722. The number of thiol groups is 1. The average Bonchev–Trinajstić information content (AvgIpc) is 2.58. The van der Waals surface area contributed by atoms with Crippen molar-refractivity contribution < 1.29 is 4.79 Å². The number of rotatable bonds is 1. The maximum atomic E-state index is 11.8. The second kappa shape index (κ2) is 3.89. The number of benzene rings is 1. The van der Waals surface area contributed by atoms with Gasteiger partial charge in [0.15, 0.2) is 0 Å². The van der Waals surface area contributed by atoms with Gasteiger partial charge in [0.05, 0.1) is 0 Å². The van der Waals surface area contributed by atoms with E-state index in [4.69, 9.17) is 0 Å². The minimum Gasteiger partial charge on any atom is -0.334 e. The second-order valence-electron chi connectivity index (χ2n) is 4.30. The molecule has 1 aliphatic heterocycles. The van der Waals surface area contributed by atoms with Crippen molar-refractivity contribution in [3.8, 4) is 0 Å². The topological polar surface area (TPSA) is 20.3 Å². The van der Waals surface area contributed by atoms with Gasteiger partial charge in [0.2, 0.25) is 5.91 Å². The lowest BCUT2D eigenvalue weighted by molar-refractivity contribution is -0.135. The number of hydrogen-bond acceptors (Lipinski definition) is 2. The van der Waals surface area contributed by atoms with Gasteiger partial charge >= 0.3 is 0 Å². The molecule has 0 aromatic heterocycles. The Balaban J connectivity index is 2.19. The van der Waals surface area contributed by atoms with Crippen LogP contribution in [0.1, 0.15) is 25.0 Å². The van der Waals surface area contributed by atoms with Gasteiger partial charge in [-0.2, -0.15) is 0 Å². The molecule has 2 nitrogen and oxygen atoms in total. The van der Waals surface area contributed by atoms with Crippen molar-refractivity contribution in [1.82, 2.24) is 4.90 Å². The summed E-state index contributed by atoms with van der Waals surface area (Å²) in [5, 5.41) is 0. The summed E-state index contributed by atoms with van der Waals surface area (Å²) in [5.41, 5.74) is 2.48. The fraction of sp³-hybridized carbons (Fsp3) is 0.417. The van der Waals surface area contributed by atoms with Gasteiger partial charge in [-0.3, -0.25) is 4.79 Å². The van der Waals surface area contributed by atoms with Crippen molar-refractivity contribution in [1.29, 1.82) is 0 Å². The maximum Gasteiger partial charge on any atom is 0.225 e. The van der Waals surface area contributed by atoms with Crippen molar-refractivity contribution in [2.45, 2.75) is 31.8 Å². The van der Waals surface area contributed by atoms with Gasteiger partial charge in [0.25, 0.3) is 0 Å². The van der Waals surface area contributed by atoms with Crippen molar-refractivity contribution >= 4 is 18.5 Å². The lowest BCUT2D eigenvalue weighted by atomic mass is 10.1. The molecule has 3 heteroatoms. The van der Waals surface area contributed by atoms with Gasteiger partial charge in [-0.15, -0.1) is 12.6 Å². The summed E-state index contributed by atoms with van der Waals surface area (Å²) in [6, 6.07) is 6.09. The average molecular weight is 221 g/mol. The predicted molar refractivity (Wildman–Crippen MR) is 62.8 cm³/mol. The molecule has 2 rings (SSSR count). The van der Waals surface area contributed by atoms with Crippen LogP contribution in [0.5, 0.6) is 0 Å². The zero-order valence-electron chi connectivity index (χ0n) is 9.03. The van der Waals surface area contributed by atoms with E-state index in [9.17, 15) is 4.79 Å². The fourth-order valence-corrected chi connectivity index (χ4v) is 2.13. The van der Waals surface area contributed by atoms with E-state index >= 15 is 0 Å². The number of amides is 1. The molecule has 0 atom stereocenters. The summed E-state index contributed by atoms with van der Waals surface area (Å²) in [6.07, 6.45) is 0. The van der Waals surface area contributed by atoms with E-state index in [1.807, 2.05) is 30.9 Å². The minimum absolute atomic E-state index is 0.0785. The van der Waals surface area contributed by atoms with Crippen LogP contribution >= 0.6 is 12.6 Å². The fourth-order valence-electron chi connectivity index (χ4n) is 1.90. The molecular formula is C12H15NOS. The Hall–Kier alpha value is -0.960. The van der Waals surface area contributed by atoms with E-state index in [1.54, 1.807) is 0 Å². The Labute approximate surface area is 95.7 Å². The molecule has 0 saturated carbocycles. The first-order valence-electron chi connectivity index (χ1n) is 5.17. The summed E-state index contributed by atoms with van der Waals surface area (Å²) in [6.45, 7) is 5.37. The molecule has 0 radical (unpaired) electrons. The number of carbonyl (C=O) groups is 1. The molecule has 1 amide bonds. The van der Waals surface area contributed by atoms with Crippen molar-refractivity contribution in [2.75, 3.05) is 0 Å². The maximum absolute atomic E-state index is 11.8. The van der Waals surface area contributed by atoms with Crippen LogP contribution in [0.25, 0.3) is 0 Å². The van der Waals surface area contributed by atoms with Gasteiger partial charge in [0.1, 0.15) is 0 Å². The van der Waals surface area contributed by atoms with Crippen LogP contribution in [0.4, 0.5) is 0 Å². The molecule has 0 bridgehead atoms. The summed E-state index contributed by atoms with van der Waals surface area (Å²) in [4.78, 5) is 14.7. The van der Waals surface area contributed by atoms with E-state index in [-0.39, 0.29) is 11.8 Å². The van der Waals surface area contributed by atoms with Crippen LogP contribution in [0, 0.1) is 5.92 Å². The highest BCUT2D eigenvalue weighted by Gasteiger charge is 2.24. The second-order valence-corrected chi connectivity index (χ2v) is 4.82. The molecule has 1 aromatic rings. The number of hydrogen-bond donors (Lipinski definition) is 1. The Bertz CT molecular complexity index is 401. The first kappa shape index (κ1) is 10.6. The summed E-state index contributed by atoms with van der Waals surface area (Å²) in [7, 11) is 0. The third-order valence-corrected chi connectivity index (χ3v) is 3.00. The highest BCUT2D eigenvalue weighted by molar-refractivity contribution is 7.80. The number of carbonyl (C=O) groups excluding carboxylic acids is 1. The summed E-state index contributed by atoms with van der Waals surface area (Å²) >= 11 is 4.30. The van der Waals surface area contributed by atoms with E-state index in [0.29, 0.717) is 0 Å². The van der Waals surface area contributed by atoms with Crippen LogP contribution in [0.2, 0.25) is 0 Å². The van der Waals surface area contributed by atoms with Crippen molar-refractivity contribution in [3.63, 3.8) is 0 Å². The van der Waals surface area contributed by atoms with Gasteiger partial charge in [0, 0.05) is 23.9 Å². The van der Waals surface area contributed by atoms with E-state index in [0.717, 1.165) is 18.0 Å². The molecule has 80 valence electrons. The predicted octanol–water partition coefficient (Wildman–Crippen LogP) is 2.47. The Morgan fingerprint density at radius 2 is 2.00 bits per heavy atom. The van der Waals surface area contributed by atoms with E-state index in [2.05, 4.69) is 18.7 Å². The number of nitrogens with zero attached hydrogens (tertiary/aromatic N) is 1. The zero-order valence-corrected chi connectivity index (χ0v) is 9.92. The van der Waals surface area contributed by atoms with Crippen LogP contribution in [-0.2, 0) is 17.9 Å². The molecule has 0 aliphatic carbocycles. The lowest BCUT2D eigenvalue weighted by Gasteiger charge is -2.17. The summed E-state index contributed by atoms with van der Waals surface area (Å²) in [5.74, 6) is 0.307. The molecule has 15 heavy (non-hydrogen) atoms. The standard InChI is InChI=1S/C12H15NOS/c1-8(2)12(14)13-6-9-3-4-11(15)5-10(9)7-13/h3-5,8,15H,6-7H2,1-2H3. The van der Waals surface area contributed by atoms with Crippen LogP contribution in [0.15, 0.2) is 23.1 Å². The number of fused-ring (bicyclic) bond motifs is 1. The lowest BCUT2D eigenvalue weighted by Crippen LogP contribution is -2.29. The zero-order chi connectivity index (χ0) is 11.0. The van der Waals surface area contributed by atoms with Crippen LogP contribution < -0.4 is 0 Å². The van der Waals surface area contributed by atoms with E-state index in [1.165, 1.54) is 11.1 Å². The SMILES string of the molecule is CC(C)C(=O)N1Cc2ccc(S)cc2C1. The molecule has 1 aliphatic rings. The van der Waals surface area contributed by atoms with E-state index < -0.39 is 0 Å². The minimum atomic E-state index is 0.0785. The summed E-state index contributed by atoms with van der Waals surface area (Å²) < 4.78 is 0. The normalized spacial score (nSPS) is 14.5. The first-order chi connectivity index (χ1) is 7.08. The molecule has 0 fully saturated rings. The van der Waals surface area contributed by atoms with Crippen molar-refractivity contribution in [3.05, 3.63) is 29.3 Å². The molecular weight excluding hydrogens is 206 g/mol.